The van der Waals surface area contributed by atoms with Gasteiger partial charge in [0.1, 0.15) is 6.04 Å². The Kier molecular flexibility index (Phi) is 7.15. The average molecular weight is 362 g/mol. The second kappa shape index (κ2) is 9.33. The minimum absolute atomic E-state index is 0.171. The Labute approximate surface area is 153 Å². The number of carboxylic acid groups (broad SMARTS) is 1. The van der Waals surface area contributed by atoms with E-state index in [1.807, 2.05) is 30.3 Å². The number of carbonyl (C=O) groups excluding carboxylic acids is 2. The maximum atomic E-state index is 12.6. The third kappa shape index (κ3) is 4.82. The van der Waals surface area contributed by atoms with Gasteiger partial charge in [0.15, 0.2) is 0 Å². The number of ether oxygens (including phenoxy) is 1. The lowest BCUT2D eigenvalue weighted by Crippen LogP contribution is -2.51. The molecule has 0 bridgehead atoms. The summed E-state index contributed by atoms with van der Waals surface area (Å²) in [6.45, 7) is 2.35. The minimum Gasteiger partial charge on any atom is -0.480 e. The number of nitrogens with zero attached hydrogens (tertiary/aromatic N) is 1. The highest BCUT2D eigenvalue weighted by Gasteiger charge is 2.38. The van der Waals surface area contributed by atoms with Crippen LogP contribution in [-0.2, 0) is 25.5 Å². The summed E-state index contributed by atoms with van der Waals surface area (Å²) in [5, 5.41) is 12.1. The molecule has 0 aromatic heterocycles. The van der Waals surface area contributed by atoms with E-state index in [0.717, 1.165) is 24.8 Å². The fraction of sp³-hybridized carbons (Fsp3) is 0.526. The highest BCUT2D eigenvalue weighted by Crippen LogP contribution is 2.25. The van der Waals surface area contributed by atoms with Crippen LogP contribution in [0.4, 0.5) is 0 Å². The van der Waals surface area contributed by atoms with Crippen LogP contribution in [0.2, 0.25) is 0 Å². The number of likely N-dealkylation sites (tertiary alicyclic amines) is 1. The van der Waals surface area contributed by atoms with Crippen molar-refractivity contribution in [2.75, 3.05) is 13.7 Å². The van der Waals surface area contributed by atoms with Crippen LogP contribution >= 0.6 is 0 Å². The van der Waals surface area contributed by atoms with Crippen LogP contribution in [0.3, 0.4) is 0 Å². The molecule has 2 N–H and O–H groups in total. The third-order valence-corrected chi connectivity index (χ3v) is 4.93. The molecule has 1 aliphatic heterocycles. The van der Waals surface area contributed by atoms with Crippen LogP contribution in [0.25, 0.3) is 0 Å². The first kappa shape index (κ1) is 19.9. The summed E-state index contributed by atoms with van der Waals surface area (Å²) in [7, 11) is 1.51. The van der Waals surface area contributed by atoms with Crippen molar-refractivity contribution in [3.8, 4) is 0 Å². The second-order valence-corrected chi connectivity index (χ2v) is 6.63. The van der Waals surface area contributed by atoms with E-state index in [4.69, 9.17) is 4.74 Å². The minimum atomic E-state index is -1.08. The lowest BCUT2D eigenvalue weighted by atomic mass is 9.94. The van der Waals surface area contributed by atoms with Gasteiger partial charge in [0.05, 0.1) is 18.1 Å². The van der Waals surface area contributed by atoms with Crippen molar-refractivity contribution in [2.24, 2.45) is 5.92 Å². The molecule has 1 aliphatic rings. The molecule has 142 valence electrons. The van der Waals surface area contributed by atoms with Crippen LogP contribution in [-0.4, -0.2) is 60.1 Å². The zero-order valence-electron chi connectivity index (χ0n) is 15.1. The summed E-state index contributed by atoms with van der Waals surface area (Å²) in [6.07, 6.45) is 2.14. The second-order valence-electron chi connectivity index (χ2n) is 6.63. The summed E-state index contributed by atoms with van der Waals surface area (Å²) in [5.74, 6) is -2.06. The Bertz CT molecular complexity index is 622. The van der Waals surface area contributed by atoms with E-state index in [-0.39, 0.29) is 12.5 Å². The largest absolute Gasteiger partial charge is 0.480 e. The molecular weight excluding hydrogens is 336 g/mol. The van der Waals surface area contributed by atoms with Crippen molar-refractivity contribution in [1.29, 1.82) is 0 Å². The van der Waals surface area contributed by atoms with E-state index in [0.29, 0.717) is 6.54 Å². The predicted molar refractivity (Wildman–Crippen MR) is 95.5 cm³/mol. The Balaban J connectivity index is 2.04. The number of rotatable bonds is 9. The Morgan fingerprint density at radius 3 is 2.65 bits per heavy atom. The van der Waals surface area contributed by atoms with Crippen molar-refractivity contribution in [3.63, 3.8) is 0 Å². The molecule has 1 heterocycles. The molecule has 0 radical (unpaired) electrons. The molecule has 4 atom stereocenters. The van der Waals surface area contributed by atoms with E-state index in [2.05, 4.69) is 5.32 Å². The number of benzene rings is 1. The van der Waals surface area contributed by atoms with Gasteiger partial charge in [-0.2, -0.15) is 0 Å². The molecule has 0 unspecified atom stereocenters. The first-order chi connectivity index (χ1) is 12.5. The molecule has 1 fully saturated rings. The van der Waals surface area contributed by atoms with Crippen molar-refractivity contribution in [2.45, 2.75) is 44.4 Å². The molecule has 2 amide bonds. The van der Waals surface area contributed by atoms with Crippen LogP contribution in [0, 0.1) is 5.92 Å². The van der Waals surface area contributed by atoms with Gasteiger partial charge in [0.2, 0.25) is 12.3 Å². The number of hydrogen-bond donors (Lipinski definition) is 2. The Morgan fingerprint density at radius 1 is 1.38 bits per heavy atom. The van der Waals surface area contributed by atoms with Gasteiger partial charge in [-0.3, -0.25) is 9.59 Å². The van der Waals surface area contributed by atoms with Gasteiger partial charge in [-0.15, -0.1) is 0 Å². The first-order valence-corrected chi connectivity index (χ1v) is 8.78. The summed E-state index contributed by atoms with van der Waals surface area (Å²) >= 11 is 0. The highest BCUT2D eigenvalue weighted by atomic mass is 16.5. The average Bonchev–Trinajstić information content (AvgIpc) is 3.10. The number of amides is 2. The van der Waals surface area contributed by atoms with Crippen molar-refractivity contribution >= 4 is 18.3 Å². The van der Waals surface area contributed by atoms with Crippen molar-refractivity contribution in [3.05, 3.63) is 35.9 Å². The predicted octanol–water partition coefficient (Wildman–Crippen LogP) is 1.07. The van der Waals surface area contributed by atoms with Crippen LogP contribution < -0.4 is 5.32 Å². The summed E-state index contributed by atoms with van der Waals surface area (Å²) < 4.78 is 5.50. The van der Waals surface area contributed by atoms with E-state index in [1.165, 1.54) is 7.11 Å². The maximum absolute atomic E-state index is 12.6. The number of carboxylic acids is 1. The van der Waals surface area contributed by atoms with Gasteiger partial charge in [0.25, 0.3) is 0 Å². The molecule has 7 heteroatoms. The van der Waals surface area contributed by atoms with E-state index in [9.17, 15) is 19.5 Å². The molecule has 26 heavy (non-hydrogen) atoms. The topological polar surface area (TPSA) is 95.9 Å². The fourth-order valence-electron chi connectivity index (χ4n) is 3.50. The number of carbonyl (C=O) groups is 3. The number of nitrogens with one attached hydrogen (secondary N) is 1. The quantitative estimate of drug-likeness (QED) is 0.641. The molecule has 1 saturated heterocycles. The Morgan fingerprint density at radius 2 is 2.08 bits per heavy atom. The molecule has 0 aliphatic carbocycles. The lowest BCUT2D eigenvalue weighted by molar-refractivity contribution is -0.144. The van der Waals surface area contributed by atoms with E-state index >= 15 is 0 Å². The van der Waals surface area contributed by atoms with Gasteiger partial charge in [-0.1, -0.05) is 37.3 Å². The maximum Gasteiger partial charge on any atom is 0.326 e. The van der Waals surface area contributed by atoms with Gasteiger partial charge in [-0.25, -0.2) is 4.79 Å². The number of hydrogen-bond acceptors (Lipinski definition) is 4. The fourth-order valence-corrected chi connectivity index (χ4v) is 3.50. The standard InChI is InChI=1S/C19H26N2O5/c1-13(17(26-2)16-9-6-10-21(16)12-22)18(23)20-15(19(24)25)11-14-7-4-3-5-8-14/h3-5,7-8,12-13,15-17H,6,9-11H2,1-2H3,(H,20,23)(H,24,25)/t13-,15+,16+,17-/m1/s1. The number of aliphatic carboxylic acids is 1. The molecule has 2 rings (SSSR count). The van der Waals surface area contributed by atoms with Crippen LogP contribution in [0.5, 0.6) is 0 Å². The van der Waals surface area contributed by atoms with E-state index in [1.54, 1.807) is 11.8 Å². The Hall–Kier alpha value is -2.41. The smallest absolute Gasteiger partial charge is 0.326 e. The SMILES string of the molecule is CO[C@H]([C@@H](C)C(=O)N[C@@H](Cc1ccccc1)C(=O)O)[C@@H]1CCCN1C=O. The highest BCUT2D eigenvalue weighted by molar-refractivity contribution is 5.85. The molecule has 1 aromatic rings. The molecule has 0 spiro atoms. The van der Waals surface area contributed by atoms with Gasteiger partial charge in [-0.05, 0) is 18.4 Å². The monoisotopic (exact) mass is 362 g/mol. The van der Waals surface area contributed by atoms with Gasteiger partial charge >= 0.3 is 5.97 Å². The first-order valence-electron chi connectivity index (χ1n) is 8.78. The normalized spacial score (nSPS) is 20.2. The molecule has 0 saturated carbocycles. The zero-order chi connectivity index (χ0) is 19.1. The summed E-state index contributed by atoms with van der Waals surface area (Å²) in [5.41, 5.74) is 0.832. The lowest BCUT2D eigenvalue weighted by Gasteiger charge is -2.32. The summed E-state index contributed by atoms with van der Waals surface area (Å²) in [6, 6.07) is 7.96. The molecule has 1 aromatic carbocycles. The van der Waals surface area contributed by atoms with Crippen LogP contribution in [0.15, 0.2) is 30.3 Å². The van der Waals surface area contributed by atoms with E-state index < -0.39 is 29.9 Å². The number of methoxy groups -OCH3 is 1. The zero-order valence-corrected chi connectivity index (χ0v) is 15.1. The molecular formula is C19H26N2O5. The van der Waals surface area contributed by atoms with Gasteiger partial charge in [0, 0.05) is 20.1 Å². The van der Waals surface area contributed by atoms with Crippen LogP contribution in [0.1, 0.15) is 25.3 Å². The molecule has 7 nitrogen and oxygen atoms in total. The van der Waals surface area contributed by atoms with Crippen molar-refractivity contribution < 1.29 is 24.2 Å². The third-order valence-electron chi connectivity index (χ3n) is 4.93. The van der Waals surface area contributed by atoms with Crippen molar-refractivity contribution in [1.82, 2.24) is 10.2 Å². The summed E-state index contributed by atoms with van der Waals surface area (Å²) in [4.78, 5) is 37.0. The van der Waals surface area contributed by atoms with Gasteiger partial charge < -0.3 is 20.1 Å².